The molecule has 104 valence electrons. The zero-order valence-electron chi connectivity index (χ0n) is 10.2. The van der Waals surface area contributed by atoms with E-state index in [0.717, 1.165) is 0 Å². The second-order valence-electron chi connectivity index (χ2n) is 3.88. The second-order valence-corrected chi connectivity index (χ2v) is 3.88. The van der Waals surface area contributed by atoms with Crippen molar-refractivity contribution in [1.82, 2.24) is 0 Å². The minimum atomic E-state index is -3.01. The van der Waals surface area contributed by atoms with Crippen LogP contribution in [-0.4, -0.2) is 17.6 Å². The first-order valence-corrected chi connectivity index (χ1v) is 5.70. The molecule has 6 heteroatoms. The van der Waals surface area contributed by atoms with Gasteiger partial charge in [0.1, 0.15) is 11.5 Å². The SMILES string of the molecule is O=C(Nc1cccc(O)c1)c1ccccc1OC(F)F. The van der Waals surface area contributed by atoms with E-state index in [9.17, 15) is 18.7 Å². The molecule has 0 aliphatic carbocycles. The Morgan fingerprint density at radius 3 is 2.60 bits per heavy atom. The summed E-state index contributed by atoms with van der Waals surface area (Å²) in [6, 6.07) is 11.6. The van der Waals surface area contributed by atoms with Crippen LogP contribution in [0.1, 0.15) is 10.4 Å². The number of benzene rings is 2. The number of rotatable bonds is 4. The fraction of sp³-hybridized carbons (Fsp3) is 0.0714. The normalized spacial score (nSPS) is 10.3. The number of aromatic hydroxyl groups is 1. The molecule has 2 aromatic carbocycles. The molecule has 2 rings (SSSR count). The van der Waals surface area contributed by atoms with E-state index < -0.39 is 12.5 Å². The lowest BCUT2D eigenvalue weighted by Gasteiger charge is -2.10. The molecule has 4 nitrogen and oxygen atoms in total. The average molecular weight is 279 g/mol. The number of carbonyl (C=O) groups is 1. The molecule has 0 spiro atoms. The molecule has 0 radical (unpaired) electrons. The molecule has 0 saturated heterocycles. The Morgan fingerprint density at radius 1 is 1.15 bits per heavy atom. The van der Waals surface area contributed by atoms with E-state index in [2.05, 4.69) is 10.1 Å². The van der Waals surface area contributed by atoms with Gasteiger partial charge in [0, 0.05) is 11.8 Å². The van der Waals surface area contributed by atoms with E-state index in [1.54, 1.807) is 12.1 Å². The number of nitrogens with one attached hydrogen (secondary N) is 1. The number of amides is 1. The molecular formula is C14H11F2NO3. The summed E-state index contributed by atoms with van der Waals surface area (Å²) in [5.41, 5.74) is 0.331. The molecule has 0 aliphatic rings. The first-order chi connectivity index (χ1) is 9.56. The van der Waals surface area contributed by atoms with Gasteiger partial charge in [-0.3, -0.25) is 4.79 Å². The van der Waals surface area contributed by atoms with E-state index in [4.69, 9.17) is 0 Å². The first-order valence-electron chi connectivity index (χ1n) is 5.70. The van der Waals surface area contributed by atoms with Crippen molar-refractivity contribution in [3.8, 4) is 11.5 Å². The lowest BCUT2D eigenvalue weighted by molar-refractivity contribution is -0.0501. The minimum absolute atomic E-state index is 0.0140. The third-order valence-corrected chi connectivity index (χ3v) is 2.45. The van der Waals surface area contributed by atoms with Crippen molar-refractivity contribution in [2.45, 2.75) is 6.61 Å². The van der Waals surface area contributed by atoms with Crippen molar-refractivity contribution in [1.29, 1.82) is 0 Å². The van der Waals surface area contributed by atoms with Gasteiger partial charge in [-0.15, -0.1) is 0 Å². The number of para-hydroxylation sites is 1. The third kappa shape index (κ3) is 3.44. The molecule has 0 unspecified atom stereocenters. The summed E-state index contributed by atoms with van der Waals surface area (Å²) in [7, 11) is 0. The highest BCUT2D eigenvalue weighted by Gasteiger charge is 2.15. The van der Waals surface area contributed by atoms with Gasteiger partial charge in [-0.2, -0.15) is 8.78 Å². The molecule has 0 heterocycles. The van der Waals surface area contributed by atoms with E-state index in [1.807, 2.05) is 0 Å². The van der Waals surface area contributed by atoms with Crippen LogP contribution in [0, 0.1) is 0 Å². The molecule has 0 aromatic heterocycles. The number of hydrogen-bond acceptors (Lipinski definition) is 3. The van der Waals surface area contributed by atoms with Crippen LogP contribution in [0.25, 0.3) is 0 Å². The van der Waals surface area contributed by atoms with Crippen LogP contribution in [0.15, 0.2) is 48.5 Å². The van der Waals surface area contributed by atoms with Gasteiger partial charge in [0.25, 0.3) is 5.91 Å². The van der Waals surface area contributed by atoms with Gasteiger partial charge in [-0.25, -0.2) is 0 Å². The molecule has 1 amide bonds. The fourth-order valence-corrected chi connectivity index (χ4v) is 1.64. The first kappa shape index (κ1) is 13.8. The Balaban J connectivity index is 2.21. The van der Waals surface area contributed by atoms with E-state index in [1.165, 1.54) is 36.4 Å². The minimum Gasteiger partial charge on any atom is -0.508 e. The highest BCUT2D eigenvalue weighted by atomic mass is 19.3. The highest BCUT2D eigenvalue weighted by molar-refractivity contribution is 6.06. The molecule has 0 bridgehead atoms. The third-order valence-electron chi connectivity index (χ3n) is 2.45. The molecule has 0 fully saturated rings. The Bertz CT molecular complexity index is 617. The maximum atomic E-state index is 12.3. The zero-order valence-corrected chi connectivity index (χ0v) is 10.2. The van der Waals surface area contributed by atoms with Crippen molar-refractivity contribution in [3.05, 3.63) is 54.1 Å². The van der Waals surface area contributed by atoms with Gasteiger partial charge in [0.2, 0.25) is 0 Å². The molecule has 2 N–H and O–H groups in total. The standard InChI is InChI=1S/C14H11F2NO3/c15-14(16)20-12-7-2-1-6-11(12)13(19)17-9-4-3-5-10(18)8-9/h1-8,14,18H,(H,17,19). The van der Waals surface area contributed by atoms with Gasteiger partial charge in [-0.1, -0.05) is 18.2 Å². The molecule has 0 aliphatic heterocycles. The number of carbonyl (C=O) groups excluding carboxylic acids is 1. The van der Waals surface area contributed by atoms with Crippen molar-refractivity contribution < 1.29 is 23.4 Å². The predicted molar refractivity (Wildman–Crippen MR) is 69.1 cm³/mol. The number of hydrogen-bond donors (Lipinski definition) is 2. The summed E-state index contributed by atoms with van der Waals surface area (Å²) in [4.78, 5) is 12.0. The van der Waals surface area contributed by atoms with Gasteiger partial charge >= 0.3 is 6.61 Å². The molecule has 0 saturated carbocycles. The number of phenols is 1. The Kier molecular flexibility index (Phi) is 4.14. The summed E-state index contributed by atoms with van der Waals surface area (Å²) in [6.07, 6.45) is 0. The van der Waals surface area contributed by atoms with Crippen LogP contribution in [0.4, 0.5) is 14.5 Å². The summed E-state index contributed by atoms with van der Waals surface area (Å²) in [5.74, 6) is -0.827. The van der Waals surface area contributed by atoms with Crippen molar-refractivity contribution in [2.75, 3.05) is 5.32 Å². The molecule has 2 aromatic rings. The summed E-state index contributed by atoms with van der Waals surface area (Å²) >= 11 is 0. The molecular weight excluding hydrogens is 268 g/mol. The Labute approximate surface area is 113 Å². The monoisotopic (exact) mass is 279 g/mol. The smallest absolute Gasteiger partial charge is 0.387 e. The maximum Gasteiger partial charge on any atom is 0.387 e. The molecule has 20 heavy (non-hydrogen) atoms. The summed E-state index contributed by atoms with van der Waals surface area (Å²) < 4.78 is 28.8. The Hall–Kier alpha value is -2.63. The Morgan fingerprint density at radius 2 is 1.90 bits per heavy atom. The van der Waals surface area contributed by atoms with Crippen molar-refractivity contribution >= 4 is 11.6 Å². The molecule has 0 atom stereocenters. The largest absolute Gasteiger partial charge is 0.508 e. The van der Waals surface area contributed by atoms with Gasteiger partial charge in [0.15, 0.2) is 0 Å². The van der Waals surface area contributed by atoms with Crippen LogP contribution < -0.4 is 10.1 Å². The van der Waals surface area contributed by atoms with Crippen LogP contribution in [0.2, 0.25) is 0 Å². The van der Waals surface area contributed by atoms with Crippen LogP contribution >= 0.6 is 0 Å². The maximum absolute atomic E-state index is 12.3. The zero-order chi connectivity index (χ0) is 14.5. The number of anilines is 1. The lowest BCUT2D eigenvalue weighted by Crippen LogP contribution is -2.14. The van der Waals surface area contributed by atoms with Gasteiger partial charge in [-0.05, 0) is 24.3 Å². The predicted octanol–water partition coefficient (Wildman–Crippen LogP) is 3.25. The van der Waals surface area contributed by atoms with E-state index in [-0.39, 0.29) is 17.1 Å². The van der Waals surface area contributed by atoms with Gasteiger partial charge in [0.05, 0.1) is 5.56 Å². The van der Waals surface area contributed by atoms with E-state index in [0.29, 0.717) is 5.69 Å². The topological polar surface area (TPSA) is 58.6 Å². The fourth-order valence-electron chi connectivity index (χ4n) is 1.64. The highest BCUT2D eigenvalue weighted by Crippen LogP contribution is 2.22. The second kappa shape index (κ2) is 6.01. The van der Waals surface area contributed by atoms with Crippen molar-refractivity contribution in [2.24, 2.45) is 0 Å². The van der Waals surface area contributed by atoms with Crippen molar-refractivity contribution in [3.63, 3.8) is 0 Å². The number of ether oxygens (including phenoxy) is 1. The summed E-state index contributed by atoms with van der Waals surface area (Å²) in [5, 5.41) is 11.8. The van der Waals surface area contributed by atoms with Gasteiger partial charge < -0.3 is 15.2 Å². The van der Waals surface area contributed by atoms with Crippen LogP contribution in [-0.2, 0) is 0 Å². The number of halogens is 2. The quantitative estimate of drug-likeness (QED) is 0.903. The van der Waals surface area contributed by atoms with Crippen LogP contribution in [0.3, 0.4) is 0 Å². The van der Waals surface area contributed by atoms with E-state index >= 15 is 0 Å². The lowest BCUT2D eigenvalue weighted by atomic mass is 10.2. The number of alkyl halides is 2. The number of phenolic OH excluding ortho intramolecular Hbond substituents is 1. The van der Waals surface area contributed by atoms with Crippen LogP contribution in [0.5, 0.6) is 11.5 Å². The summed E-state index contributed by atoms with van der Waals surface area (Å²) in [6.45, 7) is -3.01. The average Bonchev–Trinajstić information content (AvgIpc) is 2.38.